The third-order valence-electron chi connectivity index (χ3n) is 2.95. The lowest BCUT2D eigenvalue weighted by Crippen LogP contribution is -2.46. The van der Waals surface area contributed by atoms with Gasteiger partial charge in [0.15, 0.2) is 0 Å². The highest BCUT2D eigenvalue weighted by molar-refractivity contribution is 5.18. The maximum absolute atomic E-state index is 10.3. The Hall–Kier alpha value is -0.870. The average Bonchev–Trinajstić information content (AvgIpc) is 2.52. The van der Waals surface area contributed by atoms with Crippen molar-refractivity contribution < 1.29 is 9.84 Å². The van der Waals surface area contributed by atoms with Gasteiger partial charge in [0.1, 0.15) is 5.60 Å². The Morgan fingerprint density at radius 3 is 2.36 bits per heavy atom. The summed E-state index contributed by atoms with van der Waals surface area (Å²) in [6, 6.07) is 0. The van der Waals surface area contributed by atoms with Crippen LogP contribution in [-0.2, 0) is 17.4 Å². The molecule has 0 amide bonds. The second kappa shape index (κ2) is 3.37. The first kappa shape index (κ1) is 11.2. The smallest absolute Gasteiger partial charge is 0.118 e. The minimum atomic E-state index is -1.05. The van der Waals surface area contributed by atoms with E-state index in [0.717, 1.165) is 5.56 Å². The molecule has 1 atom stereocenters. The van der Waals surface area contributed by atoms with Gasteiger partial charge in [0.2, 0.25) is 0 Å². The first-order chi connectivity index (χ1) is 6.31. The monoisotopic (exact) mass is 198 g/mol. The predicted molar refractivity (Wildman–Crippen MR) is 53.9 cm³/mol. The third-order valence-corrected chi connectivity index (χ3v) is 2.95. The molecule has 1 unspecified atom stereocenters. The largest absolute Gasteiger partial charge is 0.382 e. The van der Waals surface area contributed by atoms with Crippen molar-refractivity contribution in [1.82, 2.24) is 9.78 Å². The van der Waals surface area contributed by atoms with Gasteiger partial charge in [-0.15, -0.1) is 0 Å². The van der Waals surface area contributed by atoms with Gasteiger partial charge >= 0.3 is 0 Å². The second-order valence-electron chi connectivity index (χ2n) is 4.19. The molecule has 0 radical (unpaired) electrons. The summed E-state index contributed by atoms with van der Waals surface area (Å²) in [6.07, 6.45) is 3.45. The molecule has 1 heterocycles. The van der Waals surface area contributed by atoms with Crippen LogP contribution in [0.1, 0.15) is 26.3 Å². The average molecular weight is 198 g/mol. The van der Waals surface area contributed by atoms with E-state index in [9.17, 15) is 5.11 Å². The van der Waals surface area contributed by atoms with E-state index in [1.165, 1.54) is 0 Å². The molecule has 0 fully saturated rings. The maximum atomic E-state index is 10.3. The summed E-state index contributed by atoms with van der Waals surface area (Å²) in [5.74, 6) is 0. The molecule has 0 aliphatic rings. The Kier molecular flexibility index (Phi) is 2.69. The van der Waals surface area contributed by atoms with Gasteiger partial charge in [0.05, 0.1) is 11.8 Å². The van der Waals surface area contributed by atoms with Gasteiger partial charge in [-0.1, -0.05) is 0 Å². The van der Waals surface area contributed by atoms with Crippen LogP contribution in [0.25, 0.3) is 0 Å². The molecule has 1 aromatic rings. The number of hydrogen-bond donors (Lipinski definition) is 1. The van der Waals surface area contributed by atoms with Gasteiger partial charge in [-0.3, -0.25) is 4.68 Å². The SMILES string of the molecule is COC(C)(C)C(C)(O)c1cnn(C)c1. The molecule has 1 aromatic heterocycles. The predicted octanol–water partition coefficient (Wildman–Crippen LogP) is 1.05. The molecule has 0 aromatic carbocycles. The molecule has 0 aliphatic heterocycles. The highest BCUT2D eigenvalue weighted by Gasteiger charge is 2.41. The molecule has 1 rings (SSSR count). The zero-order chi connectivity index (χ0) is 11.0. The van der Waals surface area contributed by atoms with Crippen LogP contribution in [0.3, 0.4) is 0 Å². The fourth-order valence-electron chi connectivity index (χ4n) is 1.22. The molecule has 1 N–H and O–H groups in total. The summed E-state index contributed by atoms with van der Waals surface area (Å²) in [6.45, 7) is 5.42. The molecule has 4 nitrogen and oxygen atoms in total. The number of ether oxygens (including phenoxy) is 1. The summed E-state index contributed by atoms with van der Waals surface area (Å²) in [7, 11) is 3.41. The van der Waals surface area contributed by atoms with Crippen molar-refractivity contribution >= 4 is 0 Å². The van der Waals surface area contributed by atoms with Gasteiger partial charge in [0, 0.05) is 25.9 Å². The highest BCUT2D eigenvalue weighted by Crippen LogP contribution is 2.34. The molecule has 0 saturated carbocycles. The van der Waals surface area contributed by atoms with Crippen LogP contribution in [0.5, 0.6) is 0 Å². The van der Waals surface area contributed by atoms with E-state index in [1.807, 2.05) is 20.9 Å². The molecule has 0 saturated heterocycles. The molecule has 4 heteroatoms. The van der Waals surface area contributed by atoms with E-state index in [2.05, 4.69) is 5.10 Å². The maximum Gasteiger partial charge on any atom is 0.118 e. The number of aliphatic hydroxyl groups is 1. The van der Waals surface area contributed by atoms with E-state index in [-0.39, 0.29) is 0 Å². The molecular weight excluding hydrogens is 180 g/mol. The standard InChI is InChI=1S/C10H18N2O2/c1-9(2,14-5)10(3,13)8-6-11-12(4)7-8/h6-7,13H,1-5H3. The quantitative estimate of drug-likeness (QED) is 0.789. The van der Waals surface area contributed by atoms with Gasteiger partial charge in [-0.05, 0) is 20.8 Å². The molecule has 14 heavy (non-hydrogen) atoms. The fourth-order valence-corrected chi connectivity index (χ4v) is 1.22. The molecule has 80 valence electrons. The Labute approximate surface area is 84.5 Å². The van der Waals surface area contributed by atoms with Gasteiger partial charge < -0.3 is 9.84 Å². The minimum Gasteiger partial charge on any atom is -0.382 e. The van der Waals surface area contributed by atoms with Gasteiger partial charge in [-0.25, -0.2) is 0 Å². The lowest BCUT2D eigenvalue weighted by Gasteiger charge is -2.38. The summed E-state index contributed by atoms with van der Waals surface area (Å²) in [4.78, 5) is 0. The summed E-state index contributed by atoms with van der Waals surface area (Å²) >= 11 is 0. The van der Waals surface area contributed by atoms with E-state index >= 15 is 0 Å². The van der Waals surface area contributed by atoms with Gasteiger partial charge in [0.25, 0.3) is 0 Å². The first-order valence-corrected chi connectivity index (χ1v) is 4.58. The summed E-state index contributed by atoms with van der Waals surface area (Å²) in [5, 5.41) is 14.4. The minimum absolute atomic E-state index is 0.643. The Morgan fingerprint density at radius 2 is 2.00 bits per heavy atom. The number of aromatic nitrogens is 2. The van der Waals surface area contributed by atoms with E-state index < -0.39 is 11.2 Å². The lowest BCUT2D eigenvalue weighted by molar-refractivity contribution is -0.145. The molecule has 0 spiro atoms. The van der Waals surface area contributed by atoms with Crippen LogP contribution in [-0.4, -0.2) is 27.6 Å². The molecular formula is C10H18N2O2. The van der Waals surface area contributed by atoms with Crippen LogP contribution in [0.15, 0.2) is 12.4 Å². The topological polar surface area (TPSA) is 47.3 Å². The molecule has 0 aliphatic carbocycles. The highest BCUT2D eigenvalue weighted by atomic mass is 16.5. The van der Waals surface area contributed by atoms with Crippen molar-refractivity contribution in [2.75, 3.05) is 7.11 Å². The van der Waals surface area contributed by atoms with Crippen LogP contribution >= 0.6 is 0 Å². The van der Waals surface area contributed by atoms with Crippen LogP contribution in [0, 0.1) is 0 Å². The Morgan fingerprint density at radius 1 is 1.43 bits per heavy atom. The van der Waals surface area contributed by atoms with Crippen molar-refractivity contribution in [2.24, 2.45) is 7.05 Å². The van der Waals surface area contributed by atoms with Crippen molar-refractivity contribution in [3.05, 3.63) is 18.0 Å². The fraction of sp³-hybridized carbons (Fsp3) is 0.700. The van der Waals surface area contributed by atoms with Crippen molar-refractivity contribution in [3.8, 4) is 0 Å². The normalized spacial score (nSPS) is 16.7. The van der Waals surface area contributed by atoms with E-state index in [1.54, 1.807) is 31.1 Å². The first-order valence-electron chi connectivity index (χ1n) is 4.58. The number of hydrogen-bond acceptors (Lipinski definition) is 3. The van der Waals surface area contributed by atoms with Crippen molar-refractivity contribution in [2.45, 2.75) is 32.0 Å². The zero-order valence-electron chi connectivity index (χ0n) is 9.40. The van der Waals surface area contributed by atoms with E-state index in [0.29, 0.717) is 0 Å². The number of aryl methyl sites for hydroxylation is 1. The summed E-state index contributed by atoms with van der Waals surface area (Å²) < 4.78 is 6.94. The number of nitrogens with zero attached hydrogens (tertiary/aromatic N) is 2. The van der Waals surface area contributed by atoms with Crippen LogP contribution in [0.4, 0.5) is 0 Å². The van der Waals surface area contributed by atoms with Crippen molar-refractivity contribution in [3.63, 3.8) is 0 Å². The van der Waals surface area contributed by atoms with E-state index in [4.69, 9.17) is 4.74 Å². The Bertz CT molecular complexity index is 316. The van der Waals surface area contributed by atoms with Gasteiger partial charge in [-0.2, -0.15) is 5.10 Å². The molecule has 0 bridgehead atoms. The lowest BCUT2D eigenvalue weighted by atomic mass is 9.83. The van der Waals surface area contributed by atoms with Crippen LogP contribution < -0.4 is 0 Å². The number of rotatable bonds is 3. The number of methoxy groups -OCH3 is 1. The zero-order valence-corrected chi connectivity index (χ0v) is 9.40. The third kappa shape index (κ3) is 1.67. The second-order valence-corrected chi connectivity index (χ2v) is 4.19. The van der Waals surface area contributed by atoms with Crippen molar-refractivity contribution in [1.29, 1.82) is 0 Å². The Balaban J connectivity index is 3.07. The summed E-state index contributed by atoms with van der Waals surface area (Å²) in [5.41, 5.74) is -0.932. The van der Waals surface area contributed by atoms with Crippen LogP contribution in [0.2, 0.25) is 0 Å².